The van der Waals surface area contributed by atoms with Gasteiger partial charge in [-0.3, -0.25) is 9.59 Å². The number of Topliss-reactive ketones (excluding diaryl/α,β-unsaturated/α-hetero) is 1. The molecule has 1 aromatic rings. The molecule has 0 saturated heterocycles. The van der Waals surface area contributed by atoms with Crippen LogP contribution in [0.3, 0.4) is 0 Å². The fourth-order valence-corrected chi connectivity index (χ4v) is 2.63. The number of carbonyl (C=O) groups excluding carboxylic acids is 2. The SMILES string of the molecule is CCCCCCC(=O)CCCCCCC(=O)OCc1ccccc1. The number of esters is 1. The van der Waals surface area contributed by atoms with Gasteiger partial charge in [0.2, 0.25) is 0 Å². The number of hydrogen-bond acceptors (Lipinski definition) is 3. The van der Waals surface area contributed by atoms with Gasteiger partial charge in [-0.05, 0) is 24.8 Å². The van der Waals surface area contributed by atoms with Crippen LogP contribution in [0.15, 0.2) is 30.3 Å². The summed E-state index contributed by atoms with van der Waals surface area (Å²) < 4.78 is 5.24. The van der Waals surface area contributed by atoms with E-state index in [0.29, 0.717) is 25.2 Å². The maximum Gasteiger partial charge on any atom is 0.306 e. The van der Waals surface area contributed by atoms with Gasteiger partial charge < -0.3 is 4.74 Å². The highest BCUT2D eigenvalue weighted by Crippen LogP contribution is 2.10. The number of benzene rings is 1. The van der Waals surface area contributed by atoms with Gasteiger partial charge in [0.05, 0.1) is 0 Å². The van der Waals surface area contributed by atoms with E-state index in [2.05, 4.69) is 6.92 Å². The van der Waals surface area contributed by atoms with Crippen LogP contribution in [-0.4, -0.2) is 11.8 Å². The van der Waals surface area contributed by atoms with Crippen molar-refractivity contribution in [2.24, 2.45) is 0 Å². The highest BCUT2D eigenvalue weighted by molar-refractivity contribution is 5.78. The zero-order chi connectivity index (χ0) is 17.5. The summed E-state index contributed by atoms with van der Waals surface area (Å²) >= 11 is 0. The molecule has 0 spiro atoms. The molecule has 3 nitrogen and oxygen atoms in total. The quantitative estimate of drug-likeness (QED) is 0.328. The molecule has 0 aliphatic heterocycles. The zero-order valence-corrected chi connectivity index (χ0v) is 15.1. The molecule has 3 heteroatoms. The van der Waals surface area contributed by atoms with Crippen molar-refractivity contribution in [1.29, 1.82) is 0 Å². The van der Waals surface area contributed by atoms with E-state index in [1.165, 1.54) is 19.3 Å². The molecule has 0 atom stereocenters. The summed E-state index contributed by atoms with van der Waals surface area (Å²) in [6.45, 7) is 2.53. The summed E-state index contributed by atoms with van der Waals surface area (Å²) in [6.07, 6.45) is 10.4. The molecule has 134 valence electrons. The van der Waals surface area contributed by atoms with E-state index in [9.17, 15) is 9.59 Å². The normalized spacial score (nSPS) is 10.5. The lowest BCUT2D eigenvalue weighted by Crippen LogP contribution is -2.04. The van der Waals surface area contributed by atoms with Gasteiger partial charge in [-0.2, -0.15) is 0 Å². The third kappa shape index (κ3) is 11.0. The third-order valence-corrected chi connectivity index (χ3v) is 4.14. The lowest BCUT2D eigenvalue weighted by molar-refractivity contribution is -0.145. The Kier molecular flexibility index (Phi) is 11.7. The summed E-state index contributed by atoms with van der Waals surface area (Å²) in [5, 5.41) is 0. The molecule has 0 fully saturated rings. The standard InChI is InChI=1S/C21H32O3/c1-2-3-4-10-15-20(22)16-11-5-6-12-17-21(23)24-18-19-13-8-7-9-14-19/h7-9,13-14H,2-6,10-12,15-18H2,1H3. The summed E-state index contributed by atoms with van der Waals surface area (Å²) in [7, 11) is 0. The Labute approximate surface area is 146 Å². The van der Waals surface area contributed by atoms with Gasteiger partial charge in [-0.25, -0.2) is 0 Å². The molecule has 0 bridgehead atoms. The number of carbonyl (C=O) groups is 2. The molecule has 0 amide bonds. The monoisotopic (exact) mass is 332 g/mol. The van der Waals surface area contributed by atoms with Crippen LogP contribution in [0.25, 0.3) is 0 Å². The molecule has 0 saturated carbocycles. The minimum Gasteiger partial charge on any atom is -0.461 e. The molecule has 0 aliphatic carbocycles. The molecule has 1 aromatic carbocycles. The molecule has 24 heavy (non-hydrogen) atoms. The Morgan fingerprint density at radius 3 is 2.00 bits per heavy atom. The summed E-state index contributed by atoms with van der Waals surface area (Å²) in [5.74, 6) is 0.263. The van der Waals surface area contributed by atoms with Crippen LogP contribution in [0.2, 0.25) is 0 Å². The van der Waals surface area contributed by atoms with Crippen molar-refractivity contribution < 1.29 is 14.3 Å². The predicted octanol–water partition coefficient (Wildman–Crippen LogP) is 5.61. The van der Waals surface area contributed by atoms with E-state index in [0.717, 1.165) is 44.1 Å². The predicted molar refractivity (Wildman–Crippen MR) is 97.7 cm³/mol. The van der Waals surface area contributed by atoms with Crippen molar-refractivity contribution in [2.45, 2.75) is 84.2 Å². The second-order valence-corrected chi connectivity index (χ2v) is 6.41. The second kappa shape index (κ2) is 13.8. The van der Waals surface area contributed by atoms with Crippen LogP contribution in [0.1, 0.15) is 83.1 Å². The molecule has 0 radical (unpaired) electrons. The molecule has 1 rings (SSSR count). The molecule has 0 heterocycles. The van der Waals surface area contributed by atoms with Crippen molar-refractivity contribution in [3.05, 3.63) is 35.9 Å². The van der Waals surface area contributed by atoms with E-state index in [-0.39, 0.29) is 5.97 Å². The fraction of sp³-hybridized carbons (Fsp3) is 0.619. The van der Waals surface area contributed by atoms with Crippen LogP contribution in [-0.2, 0) is 20.9 Å². The van der Waals surface area contributed by atoms with E-state index in [4.69, 9.17) is 4.74 Å². The Morgan fingerprint density at radius 1 is 0.792 bits per heavy atom. The Balaban J connectivity index is 1.92. The summed E-state index contributed by atoms with van der Waals surface area (Å²) in [6, 6.07) is 9.73. The van der Waals surface area contributed by atoms with E-state index >= 15 is 0 Å². The van der Waals surface area contributed by atoms with E-state index < -0.39 is 0 Å². The Hall–Kier alpha value is -1.64. The van der Waals surface area contributed by atoms with Gasteiger partial charge in [0.15, 0.2) is 0 Å². The zero-order valence-electron chi connectivity index (χ0n) is 15.1. The molecular weight excluding hydrogens is 300 g/mol. The maximum absolute atomic E-state index is 11.7. The number of ketones is 1. The van der Waals surface area contributed by atoms with Crippen molar-refractivity contribution in [3.8, 4) is 0 Å². The largest absolute Gasteiger partial charge is 0.461 e. The minimum atomic E-state index is -0.133. The van der Waals surface area contributed by atoms with Gasteiger partial charge >= 0.3 is 5.97 Å². The van der Waals surface area contributed by atoms with Crippen molar-refractivity contribution >= 4 is 11.8 Å². The smallest absolute Gasteiger partial charge is 0.306 e. The van der Waals surface area contributed by atoms with E-state index in [1.807, 2.05) is 30.3 Å². The van der Waals surface area contributed by atoms with Gasteiger partial charge in [-0.1, -0.05) is 69.4 Å². The highest BCUT2D eigenvalue weighted by Gasteiger charge is 2.04. The number of unbranched alkanes of at least 4 members (excludes halogenated alkanes) is 6. The van der Waals surface area contributed by atoms with Gasteiger partial charge in [-0.15, -0.1) is 0 Å². The van der Waals surface area contributed by atoms with Crippen molar-refractivity contribution in [1.82, 2.24) is 0 Å². The fourth-order valence-electron chi connectivity index (χ4n) is 2.63. The Bertz CT molecular complexity index is 453. The van der Waals surface area contributed by atoms with E-state index in [1.54, 1.807) is 0 Å². The van der Waals surface area contributed by atoms with Crippen LogP contribution in [0.5, 0.6) is 0 Å². The van der Waals surface area contributed by atoms with Gasteiger partial charge in [0.25, 0.3) is 0 Å². The van der Waals surface area contributed by atoms with Crippen LogP contribution in [0, 0.1) is 0 Å². The van der Waals surface area contributed by atoms with Gasteiger partial charge in [0.1, 0.15) is 12.4 Å². The maximum atomic E-state index is 11.7. The van der Waals surface area contributed by atoms with Crippen molar-refractivity contribution in [3.63, 3.8) is 0 Å². The number of rotatable bonds is 14. The number of ether oxygens (including phenoxy) is 1. The average molecular weight is 332 g/mol. The van der Waals surface area contributed by atoms with Crippen LogP contribution < -0.4 is 0 Å². The summed E-state index contributed by atoms with van der Waals surface area (Å²) in [4.78, 5) is 23.3. The van der Waals surface area contributed by atoms with Crippen LogP contribution >= 0.6 is 0 Å². The third-order valence-electron chi connectivity index (χ3n) is 4.14. The molecule has 0 unspecified atom stereocenters. The van der Waals surface area contributed by atoms with Gasteiger partial charge in [0, 0.05) is 19.3 Å². The lowest BCUT2D eigenvalue weighted by Gasteiger charge is -2.05. The molecule has 0 aromatic heterocycles. The first kappa shape index (κ1) is 20.4. The minimum absolute atomic E-state index is 0.133. The number of hydrogen-bond donors (Lipinski definition) is 0. The van der Waals surface area contributed by atoms with Crippen LogP contribution in [0.4, 0.5) is 0 Å². The molecule has 0 N–H and O–H groups in total. The second-order valence-electron chi connectivity index (χ2n) is 6.41. The highest BCUT2D eigenvalue weighted by atomic mass is 16.5. The first-order valence-corrected chi connectivity index (χ1v) is 9.43. The van der Waals surface area contributed by atoms with Crippen molar-refractivity contribution in [2.75, 3.05) is 0 Å². The summed E-state index contributed by atoms with van der Waals surface area (Å²) in [5.41, 5.74) is 1.02. The lowest BCUT2D eigenvalue weighted by atomic mass is 10.0. The molecular formula is C21H32O3. The average Bonchev–Trinajstić information content (AvgIpc) is 2.61. The topological polar surface area (TPSA) is 43.4 Å². The molecule has 0 aliphatic rings. The Morgan fingerprint density at radius 2 is 1.38 bits per heavy atom. The first-order chi connectivity index (χ1) is 11.7. The first-order valence-electron chi connectivity index (χ1n) is 9.43.